The van der Waals surface area contributed by atoms with E-state index in [0.717, 1.165) is 0 Å². The van der Waals surface area contributed by atoms with Crippen LogP contribution in [0.15, 0.2) is 100 Å². The van der Waals surface area contributed by atoms with E-state index in [0.29, 0.717) is 44.8 Å². The highest BCUT2D eigenvalue weighted by atomic mass is 32.2. The molecule has 0 unspecified atom stereocenters. The van der Waals surface area contributed by atoms with Crippen LogP contribution in [0, 0.1) is 5.92 Å². The number of ether oxygens (including phenoxy) is 1. The van der Waals surface area contributed by atoms with Gasteiger partial charge < -0.3 is 24.9 Å². The number of aliphatic carboxylic acids is 1. The molecule has 5 aromatic rings. The molecule has 0 bridgehead atoms. The largest absolute Gasteiger partial charge is 0.480 e. The van der Waals surface area contributed by atoms with Crippen molar-refractivity contribution >= 4 is 55.3 Å². The van der Waals surface area contributed by atoms with Gasteiger partial charge in [-0.3, -0.25) is 4.79 Å². The zero-order valence-corrected chi connectivity index (χ0v) is 22.9. The number of furan rings is 1. The maximum atomic E-state index is 12.9. The minimum absolute atomic E-state index is 0.0837. The van der Waals surface area contributed by atoms with Crippen molar-refractivity contribution in [3.8, 4) is 11.5 Å². The van der Waals surface area contributed by atoms with Crippen molar-refractivity contribution in [1.82, 2.24) is 4.72 Å². The normalized spacial score (nSPS) is 12.4. The summed E-state index contributed by atoms with van der Waals surface area (Å²) in [5.74, 6) is -0.461. The molecule has 1 atom stereocenters. The van der Waals surface area contributed by atoms with E-state index < -0.39 is 34.0 Å². The van der Waals surface area contributed by atoms with Gasteiger partial charge in [0.2, 0.25) is 10.0 Å². The number of sulfonamides is 1. The van der Waals surface area contributed by atoms with E-state index in [1.165, 1.54) is 18.2 Å². The average Bonchev–Trinajstić information content (AvgIpc) is 3.29. The minimum Gasteiger partial charge on any atom is -0.480 e. The maximum absolute atomic E-state index is 12.9. The van der Waals surface area contributed by atoms with Gasteiger partial charge in [0.05, 0.1) is 4.90 Å². The Morgan fingerprint density at radius 2 is 1.49 bits per heavy atom. The first-order valence-electron chi connectivity index (χ1n) is 12.7. The van der Waals surface area contributed by atoms with Crippen molar-refractivity contribution < 1.29 is 32.3 Å². The molecule has 0 saturated carbocycles. The zero-order valence-electron chi connectivity index (χ0n) is 22.1. The fraction of sp³-hybridized carbons (Fsp3) is 0.133. The number of amides is 2. The molecule has 0 spiro atoms. The lowest BCUT2D eigenvalue weighted by Gasteiger charge is -2.17. The van der Waals surface area contributed by atoms with E-state index in [1.807, 2.05) is 30.3 Å². The summed E-state index contributed by atoms with van der Waals surface area (Å²) >= 11 is 0. The average molecular weight is 574 g/mol. The number of carbonyl (C=O) groups excluding carboxylic acids is 1. The molecule has 0 saturated heterocycles. The number of rotatable bonds is 9. The summed E-state index contributed by atoms with van der Waals surface area (Å²) in [5, 5.41) is 16.1. The van der Waals surface area contributed by atoms with E-state index in [4.69, 9.17) is 9.15 Å². The van der Waals surface area contributed by atoms with Crippen LogP contribution in [0.25, 0.3) is 21.9 Å². The van der Waals surface area contributed by atoms with E-state index >= 15 is 0 Å². The van der Waals surface area contributed by atoms with E-state index in [2.05, 4.69) is 15.4 Å². The summed E-state index contributed by atoms with van der Waals surface area (Å²) in [6, 6.07) is 23.9. The Kier molecular flexibility index (Phi) is 7.64. The summed E-state index contributed by atoms with van der Waals surface area (Å²) in [7, 11) is -4.11. The van der Waals surface area contributed by atoms with Crippen LogP contribution in [0.3, 0.4) is 0 Å². The third kappa shape index (κ3) is 6.32. The van der Waals surface area contributed by atoms with Gasteiger partial charge in [-0.15, -0.1) is 0 Å². The van der Waals surface area contributed by atoms with Gasteiger partial charge in [-0.1, -0.05) is 38.1 Å². The summed E-state index contributed by atoms with van der Waals surface area (Å²) in [6.07, 6.45) is 0. The number of carboxylic acid groups (broad SMARTS) is 1. The number of benzene rings is 4. The highest BCUT2D eigenvalue weighted by molar-refractivity contribution is 7.89. The van der Waals surface area contributed by atoms with Crippen molar-refractivity contribution in [3.63, 3.8) is 0 Å². The van der Waals surface area contributed by atoms with Crippen molar-refractivity contribution in [2.75, 3.05) is 10.6 Å². The monoisotopic (exact) mass is 573 g/mol. The third-order valence-electron chi connectivity index (χ3n) is 6.30. The summed E-state index contributed by atoms with van der Waals surface area (Å²) < 4.78 is 39.8. The Labute approximate surface area is 236 Å². The summed E-state index contributed by atoms with van der Waals surface area (Å²) in [5.41, 5.74) is 1.87. The summed E-state index contributed by atoms with van der Waals surface area (Å²) in [4.78, 5) is 24.1. The molecule has 11 heteroatoms. The van der Waals surface area contributed by atoms with Gasteiger partial charge in [0.1, 0.15) is 28.7 Å². The molecular weight excluding hydrogens is 546 g/mol. The Bertz CT molecular complexity index is 1850. The number of nitrogens with one attached hydrogen (secondary N) is 3. The van der Waals surface area contributed by atoms with Gasteiger partial charge >= 0.3 is 12.0 Å². The zero-order chi connectivity index (χ0) is 29.1. The molecule has 4 aromatic carbocycles. The van der Waals surface area contributed by atoms with Crippen LogP contribution in [0.4, 0.5) is 16.2 Å². The number of fused-ring (bicyclic) bond motifs is 3. The van der Waals surface area contributed by atoms with Gasteiger partial charge in [0, 0.05) is 34.3 Å². The smallest absolute Gasteiger partial charge is 0.323 e. The second kappa shape index (κ2) is 11.3. The topological polar surface area (TPSA) is 147 Å². The summed E-state index contributed by atoms with van der Waals surface area (Å²) in [6.45, 7) is 3.25. The highest BCUT2D eigenvalue weighted by Gasteiger charge is 2.28. The maximum Gasteiger partial charge on any atom is 0.323 e. The predicted molar refractivity (Wildman–Crippen MR) is 156 cm³/mol. The van der Waals surface area contributed by atoms with E-state index in [-0.39, 0.29) is 4.90 Å². The van der Waals surface area contributed by atoms with Crippen LogP contribution in [0.1, 0.15) is 13.8 Å². The second-order valence-corrected chi connectivity index (χ2v) is 11.4. The van der Waals surface area contributed by atoms with Gasteiger partial charge in [-0.05, 0) is 60.5 Å². The molecule has 10 nitrogen and oxygen atoms in total. The van der Waals surface area contributed by atoms with Gasteiger partial charge in [-0.2, -0.15) is 4.72 Å². The Balaban J connectivity index is 1.32. The van der Waals surface area contributed by atoms with Crippen LogP contribution >= 0.6 is 0 Å². The molecule has 4 N–H and O–H groups in total. The fourth-order valence-electron chi connectivity index (χ4n) is 4.26. The third-order valence-corrected chi connectivity index (χ3v) is 7.74. The molecule has 41 heavy (non-hydrogen) atoms. The lowest BCUT2D eigenvalue weighted by molar-refractivity contribution is -0.140. The number of anilines is 2. The standard InChI is InChI=1S/C30H27N3O7S/c1-18(2)28(29(34)35)33-41(37,38)23-12-14-26-25(17-23)24-13-11-20(16-27(24)40-26)32-30(36)31-19-7-6-10-22(15-19)39-21-8-4-3-5-9-21/h3-18,28,33H,1-2H3,(H,34,35)(H2,31,32,36)/t28-/m1/s1. The van der Waals surface area contributed by atoms with Gasteiger partial charge in [0.15, 0.2) is 0 Å². The van der Waals surface area contributed by atoms with Crippen molar-refractivity contribution in [2.24, 2.45) is 5.92 Å². The first-order chi connectivity index (χ1) is 19.6. The number of carbonyl (C=O) groups is 2. The van der Waals surface area contributed by atoms with Crippen LogP contribution < -0.4 is 20.1 Å². The molecule has 0 aliphatic carbocycles. The van der Waals surface area contributed by atoms with Crippen LogP contribution in [-0.4, -0.2) is 31.6 Å². The molecule has 210 valence electrons. The second-order valence-electron chi connectivity index (χ2n) is 9.67. The van der Waals surface area contributed by atoms with Crippen molar-refractivity contribution in [1.29, 1.82) is 0 Å². The van der Waals surface area contributed by atoms with Crippen LogP contribution in [0.2, 0.25) is 0 Å². The number of hydrogen-bond donors (Lipinski definition) is 4. The van der Waals surface area contributed by atoms with Crippen LogP contribution in [-0.2, 0) is 14.8 Å². The van der Waals surface area contributed by atoms with Gasteiger partial charge in [0.25, 0.3) is 0 Å². The fourth-order valence-corrected chi connectivity index (χ4v) is 5.63. The SMILES string of the molecule is CC(C)[C@@H](NS(=O)(=O)c1ccc2oc3cc(NC(=O)Nc4cccc(Oc5ccccc5)c4)ccc3c2c1)C(=O)O. The first-order valence-corrected chi connectivity index (χ1v) is 14.2. The minimum atomic E-state index is -4.11. The number of carboxylic acids is 1. The predicted octanol–water partition coefficient (Wildman–Crippen LogP) is 6.41. The highest BCUT2D eigenvalue weighted by Crippen LogP contribution is 2.32. The number of hydrogen-bond acceptors (Lipinski definition) is 6. The Morgan fingerprint density at radius 1 is 0.780 bits per heavy atom. The molecule has 0 fully saturated rings. The van der Waals surface area contributed by atoms with Crippen LogP contribution in [0.5, 0.6) is 11.5 Å². The Morgan fingerprint density at radius 3 is 2.20 bits per heavy atom. The van der Waals surface area contributed by atoms with Crippen molar-refractivity contribution in [3.05, 3.63) is 91.0 Å². The molecule has 0 radical (unpaired) electrons. The van der Waals surface area contributed by atoms with E-state index in [1.54, 1.807) is 56.3 Å². The molecule has 0 aliphatic rings. The molecule has 5 rings (SSSR count). The lowest BCUT2D eigenvalue weighted by atomic mass is 10.1. The molecular formula is C30H27N3O7S. The molecule has 0 aliphatic heterocycles. The molecule has 1 aromatic heterocycles. The lowest BCUT2D eigenvalue weighted by Crippen LogP contribution is -2.44. The molecule has 2 amide bonds. The first kappa shape index (κ1) is 27.7. The quantitative estimate of drug-likeness (QED) is 0.159. The molecule has 1 heterocycles. The number of para-hydroxylation sites is 1. The van der Waals surface area contributed by atoms with Gasteiger partial charge in [-0.25, -0.2) is 13.2 Å². The van der Waals surface area contributed by atoms with E-state index in [9.17, 15) is 23.1 Å². The Hall–Kier alpha value is -4.87. The van der Waals surface area contributed by atoms with Crippen molar-refractivity contribution in [2.45, 2.75) is 24.8 Å². The number of urea groups is 1.